The third-order valence-electron chi connectivity index (χ3n) is 7.63. The fourth-order valence-corrected chi connectivity index (χ4v) is 5.99. The lowest BCUT2D eigenvalue weighted by Gasteiger charge is -2.38. The molecule has 1 aliphatic carbocycles. The van der Waals surface area contributed by atoms with Gasteiger partial charge in [-0.25, -0.2) is 9.07 Å². The van der Waals surface area contributed by atoms with Gasteiger partial charge < -0.3 is 9.87 Å². The maximum absolute atomic E-state index is 15.4. The number of benzene rings is 2. The molecule has 10 heteroatoms. The average molecular weight is 601 g/mol. The van der Waals surface area contributed by atoms with Crippen LogP contribution in [0.2, 0.25) is 0 Å². The first kappa shape index (κ1) is 30.6. The number of aryl methyl sites for hydroxylation is 1. The molecule has 2 aromatic carbocycles. The largest absolute Gasteiger partial charge is 0.598 e. The summed E-state index contributed by atoms with van der Waals surface area (Å²) in [5.41, 5.74) is 2.71. The van der Waals surface area contributed by atoms with E-state index >= 15 is 4.39 Å². The zero-order chi connectivity index (χ0) is 30.8. The van der Waals surface area contributed by atoms with E-state index in [0.717, 1.165) is 24.8 Å². The van der Waals surface area contributed by atoms with E-state index in [-0.39, 0.29) is 11.4 Å². The Morgan fingerprint density at radius 1 is 1.14 bits per heavy atom. The highest BCUT2D eigenvalue weighted by molar-refractivity contribution is 7.90. The summed E-state index contributed by atoms with van der Waals surface area (Å²) < 4.78 is 33.4. The van der Waals surface area contributed by atoms with Crippen molar-refractivity contribution in [1.82, 2.24) is 19.5 Å². The lowest BCUT2D eigenvalue weighted by Crippen LogP contribution is -2.52. The van der Waals surface area contributed by atoms with Gasteiger partial charge in [0.05, 0.1) is 22.8 Å². The van der Waals surface area contributed by atoms with Crippen molar-refractivity contribution >= 4 is 35.4 Å². The third-order valence-corrected chi connectivity index (χ3v) is 9.28. The molecule has 2 atom stereocenters. The quantitative estimate of drug-likeness (QED) is 0.146. The minimum Gasteiger partial charge on any atom is -0.598 e. The van der Waals surface area contributed by atoms with Crippen molar-refractivity contribution < 1.29 is 13.7 Å². The maximum Gasteiger partial charge on any atom is 0.274 e. The molecule has 0 aliphatic heterocycles. The van der Waals surface area contributed by atoms with E-state index in [0.29, 0.717) is 35.0 Å². The number of rotatable bonds is 11. The van der Waals surface area contributed by atoms with Crippen molar-refractivity contribution in [2.75, 3.05) is 5.32 Å². The van der Waals surface area contributed by atoms with Crippen molar-refractivity contribution in [3.8, 4) is 5.69 Å². The van der Waals surface area contributed by atoms with Gasteiger partial charge in [0.2, 0.25) is 0 Å². The van der Waals surface area contributed by atoms with Crippen LogP contribution in [0.3, 0.4) is 0 Å². The monoisotopic (exact) mass is 600 g/mol. The molecule has 43 heavy (non-hydrogen) atoms. The van der Waals surface area contributed by atoms with Crippen molar-refractivity contribution in [3.63, 3.8) is 0 Å². The number of pyridine rings is 1. The number of anilines is 1. The number of carbonyl (C=O) groups excluding carboxylic acids is 1. The summed E-state index contributed by atoms with van der Waals surface area (Å²) >= 11 is -1.46. The molecule has 4 aromatic rings. The Bertz CT molecular complexity index is 1620. The van der Waals surface area contributed by atoms with E-state index in [9.17, 15) is 9.35 Å². The summed E-state index contributed by atoms with van der Waals surface area (Å²) in [5.74, 6) is -0.513. The van der Waals surface area contributed by atoms with Crippen LogP contribution in [0.15, 0.2) is 78.0 Å². The van der Waals surface area contributed by atoms with Crippen molar-refractivity contribution in [1.29, 1.82) is 0 Å². The SMILES string of the molecule is C=Nc1cccc(-n2nc(C)cc2C(=O)Nc2cc(C(CCC3CC3)(N[S+]([O-])C(C)(C)C)c3cccnc3)ccc2F)c1. The second-order valence-corrected chi connectivity index (χ2v) is 14.0. The van der Waals surface area contributed by atoms with Crippen LogP contribution in [0, 0.1) is 18.7 Å². The van der Waals surface area contributed by atoms with Gasteiger partial charge in [0.15, 0.2) is 0 Å². The minimum absolute atomic E-state index is 0.0115. The molecule has 1 amide bonds. The van der Waals surface area contributed by atoms with Gasteiger partial charge >= 0.3 is 0 Å². The summed E-state index contributed by atoms with van der Waals surface area (Å²) in [5, 5.41) is 7.26. The predicted molar refractivity (Wildman–Crippen MR) is 170 cm³/mol. The van der Waals surface area contributed by atoms with Crippen LogP contribution < -0.4 is 10.0 Å². The molecule has 2 unspecified atom stereocenters. The smallest absolute Gasteiger partial charge is 0.274 e. The topological polar surface area (TPSA) is 107 Å². The number of carbonyl (C=O) groups is 1. The average Bonchev–Trinajstić information content (AvgIpc) is 3.74. The molecule has 8 nitrogen and oxygen atoms in total. The zero-order valence-corrected chi connectivity index (χ0v) is 25.7. The molecule has 1 aliphatic rings. The van der Waals surface area contributed by atoms with Crippen LogP contribution >= 0.6 is 0 Å². The van der Waals surface area contributed by atoms with Crippen LogP contribution in [0.25, 0.3) is 5.69 Å². The Kier molecular flexibility index (Phi) is 8.82. The fourth-order valence-electron chi connectivity index (χ4n) is 5.03. The third kappa shape index (κ3) is 6.87. The highest BCUT2D eigenvalue weighted by Gasteiger charge is 2.43. The number of aromatic nitrogens is 3. The molecule has 2 heterocycles. The summed E-state index contributed by atoms with van der Waals surface area (Å²) in [6.45, 7) is 11.1. The molecule has 0 radical (unpaired) electrons. The number of nitrogens with zero attached hydrogens (tertiary/aromatic N) is 4. The summed E-state index contributed by atoms with van der Waals surface area (Å²) in [6.07, 6.45) is 7.31. The van der Waals surface area contributed by atoms with Gasteiger partial charge in [-0.15, -0.1) is 4.72 Å². The van der Waals surface area contributed by atoms with Gasteiger partial charge in [0.1, 0.15) is 21.8 Å². The van der Waals surface area contributed by atoms with E-state index in [2.05, 4.69) is 31.8 Å². The van der Waals surface area contributed by atoms with E-state index < -0.39 is 33.4 Å². The molecular formula is C33H37FN6O2S. The zero-order valence-electron chi connectivity index (χ0n) is 24.9. The number of aliphatic imine (C=N–C) groups is 1. The first-order chi connectivity index (χ1) is 20.5. The number of nitrogens with one attached hydrogen (secondary N) is 2. The lowest BCUT2D eigenvalue weighted by atomic mass is 9.80. The van der Waals surface area contributed by atoms with Crippen molar-refractivity contribution in [2.45, 2.75) is 63.7 Å². The Balaban J connectivity index is 1.55. The van der Waals surface area contributed by atoms with Gasteiger partial charge in [-0.1, -0.05) is 31.0 Å². The molecular weight excluding hydrogens is 563 g/mol. The second-order valence-electron chi connectivity index (χ2n) is 12.0. The van der Waals surface area contributed by atoms with Gasteiger partial charge in [0, 0.05) is 23.8 Å². The molecule has 2 N–H and O–H groups in total. The maximum atomic E-state index is 15.4. The van der Waals surface area contributed by atoms with Crippen LogP contribution in [-0.2, 0) is 16.9 Å². The highest BCUT2D eigenvalue weighted by atomic mass is 32.2. The molecule has 0 bridgehead atoms. The van der Waals surface area contributed by atoms with E-state index in [1.54, 1.807) is 55.7 Å². The van der Waals surface area contributed by atoms with Crippen molar-refractivity contribution in [3.05, 3.63) is 101 Å². The van der Waals surface area contributed by atoms with Crippen LogP contribution in [0.5, 0.6) is 0 Å². The number of halogens is 1. The normalized spacial score (nSPS) is 15.5. The van der Waals surface area contributed by atoms with Gasteiger partial charge in [0.25, 0.3) is 5.91 Å². The second kappa shape index (κ2) is 12.4. The van der Waals surface area contributed by atoms with Crippen LogP contribution in [0.4, 0.5) is 15.8 Å². The molecule has 0 saturated heterocycles. The molecule has 224 valence electrons. The Morgan fingerprint density at radius 3 is 2.60 bits per heavy atom. The van der Waals surface area contributed by atoms with Crippen molar-refractivity contribution in [2.24, 2.45) is 10.9 Å². The Hall–Kier alpha value is -3.86. The number of amides is 1. The lowest BCUT2D eigenvalue weighted by molar-refractivity contribution is 0.101. The van der Waals surface area contributed by atoms with E-state index in [1.807, 2.05) is 39.0 Å². The molecule has 2 aromatic heterocycles. The van der Waals surface area contributed by atoms with Gasteiger partial charge in [-0.2, -0.15) is 5.10 Å². The summed E-state index contributed by atoms with van der Waals surface area (Å²) in [6, 6.07) is 17.3. The summed E-state index contributed by atoms with van der Waals surface area (Å²) in [7, 11) is 0. The predicted octanol–water partition coefficient (Wildman–Crippen LogP) is 6.78. The first-order valence-electron chi connectivity index (χ1n) is 14.4. The van der Waals surface area contributed by atoms with E-state index in [1.165, 1.54) is 10.7 Å². The molecule has 5 rings (SSSR count). The standard InChI is InChI=1S/C33H37FN6O2S/c1-22-18-30(40(38-22)27-10-6-9-26(20-27)35-5)31(41)37-29-19-24(13-14-28(29)34)33(16-15-23-11-12-23,25-8-7-17-36-21-25)39-43(42)32(2,3)4/h6-10,13-14,17-21,23,39H,5,11-12,15-16H2,1-4H3,(H,37,41). The van der Waals surface area contributed by atoms with E-state index in [4.69, 9.17) is 0 Å². The molecule has 1 fully saturated rings. The fraction of sp³-hybridized carbons (Fsp3) is 0.333. The molecule has 1 saturated carbocycles. The number of hydrogen-bond donors (Lipinski definition) is 2. The first-order valence-corrected chi connectivity index (χ1v) is 15.5. The van der Waals surface area contributed by atoms with Crippen LogP contribution in [-0.4, -0.2) is 36.7 Å². The minimum atomic E-state index is -1.46. The van der Waals surface area contributed by atoms with Gasteiger partial charge in [-0.05, 0) is 107 Å². The number of hydrogen-bond acceptors (Lipinski definition) is 6. The molecule has 0 spiro atoms. The van der Waals surface area contributed by atoms with Gasteiger partial charge in [-0.3, -0.25) is 14.8 Å². The van der Waals surface area contributed by atoms with Crippen LogP contribution in [0.1, 0.15) is 73.8 Å². The Labute approximate surface area is 255 Å². The summed E-state index contributed by atoms with van der Waals surface area (Å²) in [4.78, 5) is 22.0. The highest BCUT2D eigenvalue weighted by Crippen LogP contribution is 2.43. The Morgan fingerprint density at radius 2 is 1.93 bits per heavy atom.